The van der Waals surface area contributed by atoms with E-state index in [0.29, 0.717) is 12.1 Å². The molecule has 0 heterocycles. The van der Waals surface area contributed by atoms with Crippen LogP contribution in [0.1, 0.15) is 18.9 Å². The van der Waals surface area contributed by atoms with E-state index in [-0.39, 0.29) is 19.1 Å². The predicted molar refractivity (Wildman–Crippen MR) is 125 cm³/mol. The second-order valence-corrected chi connectivity index (χ2v) is 9.30. The Bertz CT molecular complexity index is 1160. The minimum Gasteiger partial charge on any atom is -0.491 e. The van der Waals surface area contributed by atoms with E-state index in [1.165, 1.54) is 4.31 Å². The predicted octanol–water partition coefficient (Wildman–Crippen LogP) is 3.89. The normalized spacial score (nSPS) is 12.4. The van der Waals surface area contributed by atoms with Gasteiger partial charge in [-0.05, 0) is 42.5 Å². The average Bonchev–Trinajstić information content (AvgIpc) is 2.74. The minimum absolute atomic E-state index is 0.268. The summed E-state index contributed by atoms with van der Waals surface area (Å²) in [5.41, 5.74) is 1.40. The molecule has 3 aromatic carbocycles. The number of carbonyl (C=O) groups is 1. The number of nitrogens with one attached hydrogen (secondary N) is 1. The Labute approximate surface area is 183 Å². The van der Waals surface area contributed by atoms with Gasteiger partial charge in [0.25, 0.3) is 0 Å². The van der Waals surface area contributed by atoms with E-state index < -0.39 is 16.1 Å². The molecule has 1 atom stereocenters. The van der Waals surface area contributed by atoms with Crippen molar-refractivity contribution >= 4 is 32.4 Å². The highest BCUT2D eigenvalue weighted by molar-refractivity contribution is 7.92. The maximum absolute atomic E-state index is 12.9. The van der Waals surface area contributed by atoms with Crippen molar-refractivity contribution in [1.82, 2.24) is 5.32 Å². The van der Waals surface area contributed by atoms with Crippen LogP contribution in [0.2, 0.25) is 0 Å². The zero-order chi connectivity index (χ0) is 22.4. The molecule has 31 heavy (non-hydrogen) atoms. The lowest BCUT2D eigenvalue weighted by molar-refractivity contribution is -0.122. The lowest BCUT2D eigenvalue weighted by Crippen LogP contribution is -2.50. The van der Waals surface area contributed by atoms with Crippen LogP contribution in [0.15, 0.2) is 66.7 Å². The number of nitrogens with zero attached hydrogens (tertiary/aromatic N) is 1. The van der Waals surface area contributed by atoms with Gasteiger partial charge in [0.15, 0.2) is 0 Å². The number of rotatable bonds is 9. The molecule has 0 saturated carbocycles. The van der Waals surface area contributed by atoms with E-state index in [1.807, 2.05) is 55.5 Å². The molecule has 3 rings (SSSR count). The van der Waals surface area contributed by atoms with Gasteiger partial charge in [0.05, 0.1) is 18.5 Å². The molecule has 0 radical (unpaired) electrons. The summed E-state index contributed by atoms with van der Waals surface area (Å²) >= 11 is 0. The van der Waals surface area contributed by atoms with Crippen LogP contribution in [0.25, 0.3) is 10.8 Å². The van der Waals surface area contributed by atoms with E-state index in [4.69, 9.17) is 4.74 Å². The van der Waals surface area contributed by atoms with Gasteiger partial charge in [-0.2, -0.15) is 0 Å². The lowest BCUT2D eigenvalue weighted by Gasteiger charge is -2.30. The van der Waals surface area contributed by atoms with Crippen molar-refractivity contribution in [1.29, 1.82) is 0 Å². The van der Waals surface area contributed by atoms with Crippen LogP contribution in [0.4, 0.5) is 5.69 Å². The molecule has 3 aromatic rings. The van der Waals surface area contributed by atoms with Gasteiger partial charge in [-0.1, -0.05) is 55.5 Å². The molecule has 0 spiro atoms. The second-order valence-electron chi connectivity index (χ2n) is 7.44. The molecule has 1 N–H and O–H groups in total. The molecule has 6 nitrogen and oxygen atoms in total. The highest BCUT2D eigenvalue weighted by atomic mass is 32.2. The van der Waals surface area contributed by atoms with Crippen molar-refractivity contribution in [2.24, 2.45) is 0 Å². The number of fused-ring (bicyclic) bond motifs is 1. The van der Waals surface area contributed by atoms with Gasteiger partial charge in [-0.15, -0.1) is 0 Å². The monoisotopic (exact) mass is 440 g/mol. The highest BCUT2D eigenvalue weighted by Crippen LogP contribution is 2.25. The number of amides is 1. The first-order valence-electron chi connectivity index (χ1n) is 10.3. The van der Waals surface area contributed by atoms with Gasteiger partial charge >= 0.3 is 0 Å². The Balaban J connectivity index is 1.67. The van der Waals surface area contributed by atoms with Crippen LogP contribution in [-0.2, 0) is 14.8 Å². The van der Waals surface area contributed by atoms with Gasteiger partial charge in [0.2, 0.25) is 15.9 Å². The smallest absolute Gasteiger partial charge is 0.244 e. The first-order chi connectivity index (χ1) is 14.8. The third kappa shape index (κ3) is 5.55. The summed E-state index contributed by atoms with van der Waals surface area (Å²) in [6, 6.07) is 20.1. The SMILES string of the molecule is CCC(C(=O)NCCOc1cccc2ccccc12)N(c1cccc(C)c1)S(C)(=O)=O. The fraction of sp³-hybridized carbons (Fsp3) is 0.292. The first kappa shape index (κ1) is 22.6. The summed E-state index contributed by atoms with van der Waals surface area (Å²) in [6.45, 7) is 4.23. The number of anilines is 1. The summed E-state index contributed by atoms with van der Waals surface area (Å²) in [7, 11) is -3.65. The van der Waals surface area contributed by atoms with Crippen molar-refractivity contribution in [2.75, 3.05) is 23.7 Å². The number of benzene rings is 3. The fourth-order valence-corrected chi connectivity index (χ4v) is 4.80. The van der Waals surface area contributed by atoms with Crippen LogP contribution < -0.4 is 14.4 Å². The second kappa shape index (κ2) is 9.83. The van der Waals surface area contributed by atoms with Crippen LogP contribution >= 0.6 is 0 Å². The maximum Gasteiger partial charge on any atom is 0.244 e. The minimum atomic E-state index is -3.65. The maximum atomic E-state index is 12.9. The highest BCUT2D eigenvalue weighted by Gasteiger charge is 2.31. The van der Waals surface area contributed by atoms with Gasteiger partial charge < -0.3 is 10.1 Å². The van der Waals surface area contributed by atoms with Crippen LogP contribution in [0.3, 0.4) is 0 Å². The molecule has 0 bridgehead atoms. The summed E-state index contributed by atoms with van der Waals surface area (Å²) in [5.74, 6) is 0.396. The molecule has 0 aliphatic carbocycles. The number of sulfonamides is 1. The van der Waals surface area contributed by atoms with E-state index in [1.54, 1.807) is 25.1 Å². The Morgan fingerprint density at radius 3 is 2.48 bits per heavy atom. The number of hydrogen-bond acceptors (Lipinski definition) is 4. The molecule has 0 aliphatic heterocycles. The molecule has 7 heteroatoms. The lowest BCUT2D eigenvalue weighted by atomic mass is 10.1. The number of ether oxygens (including phenoxy) is 1. The van der Waals surface area contributed by atoms with Crippen molar-refractivity contribution in [3.8, 4) is 5.75 Å². The van der Waals surface area contributed by atoms with E-state index in [9.17, 15) is 13.2 Å². The largest absolute Gasteiger partial charge is 0.491 e. The third-order valence-electron chi connectivity index (χ3n) is 4.99. The van der Waals surface area contributed by atoms with E-state index in [0.717, 1.165) is 28.3 Å². The molecule has 1 amide bonds. The van der Waals surface area contributed by atoms with Crippen molar-refractivity contribution in [2.45, 2.75) is 26.3 Å². The van der Waals surface area contributed by atoms with Gasteiger partial charge in [0, 0.05) is 5.39 Å². The van der Waals surface area contributed by atoms with Gasteiger partial charge in [-0.25, -0.2) is 8.42 Å². The van der Waals surface area contributed by atoms with Gasteiger partial charge in [0.1, 0.15) is 18.4 Å². The van der Waals surface area contributed by atoms with Crippen molar-refractivity contribution in [3.63, 3.8) is 0 Å². The third-order valence-corrected chi connectivity index (χ3v) is 6.17. The van der Waals surface area contributed by atoms with Crippen LogP contribution in [0, 0.1) is 6.92 Å². The number of aryl methyl sites for hydroxylation is 1. The summed E-state index contributed by atoms with van der Waals surface area (Å²) in [4.78, 5) is 12.9. The average molecular weight is 441 g/mol. The summed E-state index contributed by atoms with van der Waals surface area (Å²) < 4.78 is 32.1. The number of hydrogen-bond donors (Lipinski definition) is 1. The van der Waals surface area contributed by atoms with Gasteiger partial charge in [-0.3, -0.25) is 9.10 Å². The van der Waals surface area contributed by atoms with Crippen molar-refractivity contribution in [3.05, 3.63) is 72.3 Å². The Hall–Kier alpha value is -3.06. The molecular weight excluding hydrogens is 412 g/mol. The molecule has 0 saturated heterocycles. The Morgan fingerprint density at radius 2 is 1.77 bits per heavy atom. The van der Waals surface area contributed by atoms with Crippen LogP contribution in [0.5, 0.6) is 5.75 Å². The first-order valence-corrected chi connectivity index (χ1v) is 12.1. The summed E-state index contributed by atoms with van der Waals surface area (Å²) in [5, 5.41) is 4.90. The summed E-state index contributed by atoms with van der Waals surface area (Å²) in [6.07, 6.45) is 1.46. The quantitative estimate of drug-likeness (QED) is 0.512. The fourth-order valence-electron chi connectivity index (χ4n) is 3.60. The standard InChI is InChI=1S/C24H28N2O4S/c1-4-22(26(31(3,28)29)20-12-7-9-18(2)17-20)24(27)25-15-16-30-23-14-8-11-19-10-5-6-13-21(19)23/h5-14,17,22H,4,15-16H2,1-3H3,(H,25,27). The molecule has 1 unspecified atom stereocenters. The van der Waals surface area contributed by atoms with E-state index in [2.05, 4.69) is 5.32 Å². The van der Waals surface area contributed by atoms with Crippen LogP contribution in [-0.4, -0.2) is 39.8 Å². The topological polar surface area (TPSA) is 75.7 Å². The Morgan fingerprint density at radius 1 is 1.06 bits per heavy atom. The molecular formula is C24H28N2O4S. The Kier molecular flexibility index (Phi) is 7.17. The van der Waals surface area contributed by atoms with Crippen molar-refractivity contribution < 1.29 is 17.9 Å². The molecule has 164 valence electrons. The molecule has 0 aromatic heterocycles. The molecule has 0 aliphatic rings. The van der Waals surface area contributed by atoms with E-state index >= 15 is 0 Å². The molecule has 0 fully saturated rings. The zero-order valence-electron chi connectivity index (χ0n) is 18.0. The number of carbonyl (C=O) groups excluding carboxylic acids is 1. The zero-order valence-corrected chi connectivity index (χ0v) is 18.9.